The maximum Gasteiger partial charge on any atom is 0.345 e. The van der Waals surface area contributed by atoms with E-state index in [1.165, 1.54) is 0 Å². The van der Waals surface area contributed by atoms with Crippen LogP contribution in [0.2, 0.25) is 0 Å². The summed E-state index contributed by atoms with van der Waals surface area (Å²) in [6.07, 6.45) is 0.271. The van der Waals surface area contributed by atoms with Gasteiger partial charge in [0, 0.05) is 0 Å². The molecule has 7 heteroatoms. The summed E-state index contributed by atoms with van der Waals surface area (Å²) >= 11 is 0. The highest BCUT2D eigenvalue weighted by atomic mass is 79.9. The van der Waals surface area contributed by atoms with Crippen LogP contribution < -0.4 is 44.4 Å². The van der Waals surface area contributed by atoms with Crippen molar-refractivity contribution in [2.75, 3.05) is 19.3 Å². The lowest BCUT2D eigenvalue weighted by molar-refractivity contribution is -0.140. The standard InChI is InChI=1S/C23H25N3O2P.BrH/c24-23(25)26-16-17-28-22(27)18-29(19-10-4-1-5-11-19,20-12-6-2-7-13-20)21-14-8-3-9-15-21;/h1-15H,16-18H2,(H4,24,25,26);1H/q+1;/p-1. The zero-order chi connectivity index (χ0) is 20.5. The van der Waals surface area contributed by atoms with E-state index in [2.05, 4.69) is 41.4 Å². The zero-order valence-corrected chi connectivity index (χ0v) is 19.0. The van der Waals surface area contributed by atoms with Gasteiger partial charge in [-0.05, 0) is 36.4 Å². The molecular formula is C23H25BrN3O2P. The van der Waals surface area contributed by atoms with Crippen molar-refractivity contribution >= 4 is 35.1 Å². The van der Waals surface area contributed by atoms with Gasteiger partial charge >= 0.3 is 5.97 Å². The molecule has 4 N–H and O–H groups in total. The number of rotatable bonds is 8. The number of carbonyl (C=O) groups excluding carboxylic acids is 1. The average molecular weight is 486 g/mol. The number of carbonyl (C=O) groups is 1. The van der Waals surface area contributed by atoms with Crippen LogP contribution in [-0.4, -0.2) is 31.2 Å². The fourth-order valence-corrected chi connectivity index (χ4v) is 7.31. The van der Waals surface area contributed by atoms with Crippen molar-refractivity contribution in [1.82, 2.24) is 0 Å². The fraction of sp³-hybridized carbons (Fsp3) is 0.130. The Morgan fingerprint density at radius 3 is 1.53 bits per heavy atom. The molecule has 0 aliphatic heterocycles. The summed E-state index contributed by atoms with van der Waals surface area (Å²) in [5.41, 5.74) is 10.7. The largest absolute Gasteiger partial charge is 1.00 e. The summed E-state index contributed by atoms with van der Waals surface area (Å²) < 4.78 is 5.48. The minimum Gasteiger partial charge on any atom is -1.00 e. The van der Waals surface area contributed by atoms with Crippen LogP contribution in [0.4, 0.5) is 0 Å². The van der Waals surface area contributed by atoms with Gasteiger partial charge in [0.05, 0.1) is 6.54 Å². The Morgan fingerprint density at radius 2 is 1.17 bits per heavy atom. The van der Waals surface area contributed by atoms with Crippen molar-refractivity contribution in [1.29, 1.82) is 0 Å². The highest BCUT2D eigenvalue weighted by Gasteiger charge is 2.47. The first-order valence-electron chi connectivity index (χ1n) is 9.39. The predicted octanol–water partition coefficient (Wildman–Crippen LogP) is -1.20. The van der Waals surface area contributed by atoms with Crippen molar-refractivity contribution < 1.29 is 26.5 Å². The van der Waals surface area contributed by atoms with Crippen LogP contribution in [0.3, 0.4) is 0 Å². The first-order chi connectivity index (χ1) is 14.1. The Hall–Kier alpha value is -2.69. The fourth-order valence-electron chi connectivity index (χ4n) is 3.34. The number of hydrogen-bond donors (Lipinski definition) is 2. The van der Waals surface area contributed by atoms with E-state index in [1.807, 2.05) is 54.6 Å². The Kier molecular flexibility index (Phi) is 9.03. The van der Waals surface area contributed by atoms with Crippen molar-refractivity contribution in [3.05, 3.63) is 91.0 Å². The summed E-state index contributed by atoms with van der Waals surface area (Å²) in [7, 11) is -2.24. The smallest absolute Gasteiger partial charge is 0.345 e. The van der Waals surface area contributed by atoms with Gasteiger partial charge in [0.2, 0.25) is 0 Å². The molecule has 30 heavy (non-hydrogen) atoms. The predicted molar refractivity (Wildman–Crippen MR) is 122 cm³/mol. The summed E-state index contributed by atoms with van der Waals surface area (Å²) in [6, 6.07) is 30.6. The Morgan fingerprint density at radius 1 is 0.767 bits per heavy atom. The van der Waals surface area contributed by atoms with Crippen molar-refractivity contribution in [3.63, 3.8) is 0 Å². The lowest BCUT2D eigenvalue weighted by Crippen LogP contribution is -3.00. The quantitative estimate of drug-likeness (QED) is 0.138. The van der Waals surface area contributed by atoms with Gasteiger partial charge in [-0.15, -0.1) is 0 Å². The molecule has 0 aliphatic rings. The second-order valence-electron chi connectivity index (χ2n) is 6.50. The second kappa shape index (κ2) is 11.5. The average Bonchev–Trinajstić information content (AvgIpc) is 2.77. The number of aliphatic imine (C=N–C) groups is 1. The van der Waals surface area contributed by atoms with Crippen molar-refractivity contribution in [3.8, 4) is 0 Å². The Labute approximate surface area is 188 Å². The van der Waals surface area contributed by atoms with Crippen LogP contribution in [-0.2, 0) is 9.53 Å². The van der Waals surface area contributed by atoms with Gasteiger partial charge in [-0.3, -0.25) is 4.99 Å². The molecule has 5 nitrogen and oxygen atoms in total. The summed E-state index contributed by atoms with van der Waals surface area (Å²) in [4.78, 5) is 16.8. The van der Waals surface area contributed by atoms with E-state index in [-0.39, 0.29) is 48.2 Å². The molecule has 3 aromatic rings. The molecule has 0 bridgehead atoms. The number of benzene rings is 3. The zero-order valence-electron chi connectivity index (χ0n) is 16.5. The number of guanidine groups is 1. The third-order valence-electron chi connectivity index (χ3n) is 4.61. The van der Waals surface area contributed by atoms with Gasteiger partial charge in [-0.1, -0.05) is 54.6 Å². The summed E-state index contributed by atoms with van der Waals surface area (Å²) in [5, 5.41) is 3.41. The molecule has 0 fully saturated rings. The van der Waals surface area contributed by atoms with Crippen LogP contribution in [0.1, 0.15) is 0 Å². The summed E-state index contributed by atoms with van der Waals surface area (Å²) in [5.74, 6) is -0.276. The normalized spacial score (nSPS) is 10.5. The highest BCUT2D eigenvalue weighted by molar-refractivity contribution is 7.96. The molecule has 0 aliphatic carbocycles. The van der Waals surface area contributed by atoms with Crippen molar-refractivity contribution in [2.24, 2.45) is 16.5 Å². The number of ether oxygens (including phenoxy) is 1. The number of nitrogens with two attached hydrogens (primary N) is 2. The maximum atomic E-state index is 12.9. The lowest BCUT2D eigenvalue weighted by atomic mass is 10.4. The van der Waals surface area contributed by atoms with Crippen LogP contribution in [0.5, 0.6) is 0 Å². The third kappa shape index (κ3) is 5.68. The van der Waals surface area contributed by atoms with Gasteiger partial charge < -0.3 is 33.2 Å². The number of esters is 1. The van der Waals surface area contributed by atoms with Gasteiger partial charge in [-0.2, -0.15) is 0 Å². The third-order valence-corrected chi connectivity index (χ3v) is 8.88. The van der Waals surface area contributed by atoms with E-state index in [0.29, 0.717) is 0 Å². The Balaban J connectivity index is 0.00000320. The molecule has 0 aromatic heterocycles. The van der Waals surface area contributed by atoms with E-state index in [9.17, 15) is 4.79 Å². The molecule has 3 aromatic carbocycles. The molecule has 3 rings (SSSR count). The van der Waals surface area contributed by atoms with Gasteiger partial charge in [0.1, 0.15) is 29.8 Å². The molecule has 0 spiro atoms. The minimum atomic E-state index is -2.24. The lowest BCUT2D eigenvalue weighted by Gasteiger charge is -2.26. The van der Waals surface area contributed by atoms with Crippen LogP contribution in [0.25, 0.3) is 0 Å². The molecule has 0 heterocycles. The number of nitrogens with zero attached hydrogens (tertiary/aromatic N) is 1. The molecule has 0 amide bonds. The Bertz CT molecular complexity index is 853. The second-order valence-corrected chi connectivity index (χ2v) is 9.99. The van der Waals surface area contributed by atoms with Crippen LogP contribution in [0.15, 0.2) is 96.0 Å². The van der Waals surface area contributed by atoms with Crippen molar-refractivity contribution in [2.45, 2.75) is 0 Å². The molecule has 0 saturated heterocycles. The molecule has 0 unspecified atom stereocenters. The van der Waals surface area contributed by atoms with Gasteiger partial charge in [-0.25, -0.2) is 4.79 Å². The molecule has 0 atom stereocenters. The summed E-state index contributed by atoms with van der Waals surface area (Å²) in [6.45, 7) is 0.399. The van der Waals surface area contributed by atoms with Crippen LogP contribution in [0, 0.1) is 0 Å². The van der Waals surface area contributed by atoms with E-state index in [1.54, 1.807) is 0 Å². The molecule has 0 saturated carbocycles. The molecule has 0 radical (unpaired) electrons. The first-order valence-corrected chi connectivity index (χ1v) is 11.4. The number of hydrogen-bond acceptors (Lipinski definition) is 3. The molecular weight excluding hydrogens is 461 g/mol. The van der Waals surface area contributed by atoms with Gasteiger partial charge in [0.25, 0.3) is 0 Å². The maximum absolute atomic E-state index is 12.9. The first kappa shape index (κ1) is 23.6. The monoisotopic (exact) mass is 485 g/mol. The highest BCUT2D eigenvalue weighted by Crippen LogP contribution is 2.55. The van der Waals surface area contributed by atoms with Crippen LogP contribution >= 0.6 is 7.26 Å². The minimum absolute atomic E-state index is 0. The van der Waals surface area contributed by atoms with E-state index < -0.39 is 7.26 Å². The SMILES string of the molecule is NC(N)=NCCOC(=O)C[P+](c1ccccc1)(c1ccccc1)c1ccccc1.[Br-]. The van der Waals surface area contributed by atoms with E-state index in [4.69, 9.17) is 16.2 Å². The topological polar surface area (TPSA) is 90.7 Å². The van der Waals surface area contributed by atoms with Gasteiger partial charge in [0.15, 0.2) is 12.1 Å². The van der Waals surface area contributed by atoms with E-state index in [0.717, 1.165) is 15.9 Å². The number of halogens is 1. The molecule has 156 valence electrons. The van der Waals surface area contributed by atoms with E-state index >= 15 is 0 Å².